The van der Waals surface area contributed by atoms with Crippen LogP contribution in [-0.4, -0.2) is 23.0 Å². The first-order valence-electron chi connectivity index (χ1n) is 8.12. The van der Waals surface area contributed by atoms with Crippen molar-refractivity contribution in [3.05, 3.63) is 77.4 Å². The predicted octanol–water partition coefficient (Wildman–Crippen LogP) is 3.58. The van der Waals surface area contributed by atoms with E-state index in [0.717, 1.165) is 17.7 Å². The van der Waals surface area contributed by atoms with Gasteiger partial charge in [-0.05, 0) is 18.2 Å². The number of hydrogen-bond acceptors (Lipinski definition) is 5. The maximum atomic E-state index is 13.7. The Morgan fingerprint density at radius 2 is 1.75 bits per heavy atom. The van der Waals surface area contributed by atoms with E-state index in [4.69, 9.17) is 4.74 Å². The quantitative estimate of drug-likeness (QED) is 0.632. The van der Waals surface area contributed by atoms with Crippen LogP contribution in [0.1, 0.15) is 15.9 Å². The average molecular weight is 388 g/mol. The van der Waals surface area contributed by atoms with E-state index in [0.29, 0.717) is 5.75 Å². The lowest BCUT2D eigenvalue weighted by Gasteiger charge is -2.10. The molecule has 0 unspecified atom stereocenters. The minimum Gasteiger partial charge on any atom is -0.496 e. The number of aromatic nitrogens is 2. The first-order chi connectivity index (χ1) is 13.5. The maximum absolute atomic E-state index is 13.7. The second-order valence-electron chi connectivity index (χ2n) is 5.64. The molecule has 3 rings (SSSR count). The number of methoxy groups -OCH3 is 1. The molecule has 0 saturated carbocycles. The van der Waals surface area contributed by atoms with E-state index in [9.17, 15) is 18.0 Å². The number of nitrogens with zero attached hydrogens (tertiary/aromatic N) is 2. The van der Waals surface area contributed by atoms with Crippen LogP contribution in [0.5, 0.6) is 5.75 Å². The number of halogens is 3. The third-order valence-corrected chi connectivity index (χ3v) is 3.83. The van der Waals surface area contributed by atoms with Crippen molar-refractivity contribution in [3.63, 3.8) is 0 Å². The first-order valence-corrected chi connectivity index (χ1v) is 8.12. The smallest absolute Gasteiger partial charge is 0.254 e. The van der Waals surface area contributed by atoms with Gasteiger partial charge in [0.2, 0.25) is 5.95 Å². The van der Waals surface area contributed by atoms with Crippen molar-refractivity contribution in [2.45, 2.75) is 6.54 Å². The summed E-state index contributed by atoms with van der Waals surface area (Å²) in [4.78, 5) is 20.0. The fraction of sp³-hybridized carbons (Fsp3) is 0.105. The highest BCUT2D eigenvalue weighted by Crippen LogP contribution is 2.22. The van der Waals surface area contributed by atoms with Gasteiger partial charge in [0.15, 0.2) is 17.5 Å². The van der Waals surface area contributed by atoms with E-state index in [1.54, 1.807) is 6.07 Å². The number of anilines is 2. The van der Waals surface area contributed by atoms with E-state index in [-0.39, 0.29) is 23.7 Å². The van der Waals surface area contributed by atoms with Crippen molar-refractivity contribution in [3.8, 4) is 5.75 Å². The molecular weight excluding hydrogens is 373 g/mol. The Kier molecular flexibility index (Phi) is 5.73. The van der Waals surface area contributed by atoms with Crippen molar-refractivity contribution in [2.75, 3.05) is 12.4 Å². The Morgan fingerprint density at radius 3 is 2.46 bits per heavy atom. The van der Waals surface area contributed by atoms with Gasteiger partial charge in [-0.1, -0.05) is 18.2 Å². The molecule has 2 aromatic carbocycles. The standard InChI is InChI=1S/C19H15F3N4O2/c1-28-15-5-3-2-4-11(15)8-23-18(27)12-9-24-19(25-10-12)26-14-7-6-13(20)16(21)17(14)22/h2-7,9-10H,8H2,1H3,(H,23,27)(H,24,25,26). The van der Waals surface area contributed by atoms with Crippen LogP contribution in [0.3, 0.4) is 0 Å². The monoisotopic (exact) mass is 388 g/mol. The summed E-state index contributed by atoms with van der Waals surface area (Å²) in [6, 6.07) is 9.04. The van der Waals surface area contributed by atoms with Crippen molar-refractivity contribution in [2.24, 2.45) is 0 Å². The van der Waals surface area contributed by atoms with Crippen molar-refractivity contribution in [1.29, 1.82) is 0 Å². The predicted molar refractivity (Wildman–Crippen MR) is 95.8 cm³/mol. The number of para-hydroxylation sites is 1. The lowest BCUT2D eigenvalue weighted by molar-refractivity contribution is 0.0950. The van der Waals surface area contributed by atoms with E-state index < -0.39 is 23.4 Å². The van der Waals surface area contributed by atoms with Gasteiger partial charge in [0.25, 0.3) is 5.91 Å². The van der Waals surface area contributed by atoms with Crippen LogP contribution >= 0.6 is 0 Å². The van der Waals surface area contributed by atoms with E-state index in [1.807, 2.05) is 18.2 Å². The average Bonchev–Trinajstić information content (AvgIpc) is 2.73. The van der Waals surface area contributed by atoms with Gasteiger partial charge in [-0.25, -0.2) is 23.1 Å². The van der Waals surface area contributed by atoms with E-state index in [1.165, 1.54) is 19.5 Å². The molecule has 0 atom stereocenters. The van der Waals surface area contributed by atoms with Crippen molar-refractivity contribution >= 4 is 17.5 Å². The van der Waals surface area contributed by atoms with Gasteiger partial charge in [0.1, 0.15) is 5.75 Å². The molecule has 0 bridgehead atoms. The molecule has 1 aromatic heterocycles. The molecule has 3 aromatic rings. The zero-order valence-corrected chi connectivity index (χ0v) is 14.7. The number of benzene rings is 2. The van der Waals surface area contributed by atoms with Crippen LogP contribution in [0.15, 0.2) is 48.8 Å². The van der Waals surface area contributed by atoms with Gasteiger partial charge in [-0.3, -0.25) is 4.79 Å². The molecule has 0 aliphatic heterocycles. The van der Waals surface area contributed by atoms with E-state index in [2.05, 4.69) is 20.6 Å². The minimum absolute atomic E-state index is 0.0776. The maximum Gasteiger partial charge on any atom is 0.254 e. The fourth-order valence-corrected chi connectivity index (χ4v) is 2.38. The number of rotatable bonds is 6. The fourth-order valence-electron chi connectivity index (χ4n) is 2.38. The number of ether oxygens (including phenoxy) is 1. The minimum atomic E-state index is -1.60. The van der Waals surface area contributed by atoms with Gasteiger partial charge in [0, 0.05) is 24.5 Å². The molecule has 1 heterocycles. The summed E-state index contributed by atoms with van der Waals surface area (Å²) in [5, 5.41) is 5.14. The Labute approximate surface area is 158 Å². The molecule has 0 aliphatic rings. The molecule has 0 fully saturated rings. The molecule has 28 heavy (non-hydrogen) atoms. The van der Waals surface area contributed by atoms with Crippen molar-refractivity contribution in [1.82, 2.24) is 15.3 Å². The molecule has 1 amide bonds. The van der Waals surface area contributed by atoms with Gasteiger partial charge in [-0.2, -0.15) is 0 Å². The summed E-state index contributed by atoms with van der Waals surface area (Å²) in [7, 11) is 1.54. The van der Waals surface area contributed by atoms with Crippen LogP contribution in [-0.2, 0) is 6.54 Å². The SMILES string of the molecule is COc1ccccc1CNC(=O)c1cnc(Nc2ccc(F)c(F)c2F)nc1. The Morgan fingerprint density at radius 1 is 1.04 bits per heavy atom. The molecule has 0 aliphatic carbocycles. The van der Waals surface area contributed by atoms with Crippen molar-refractivity contribution < 1.29 is 22.7 Å². The lowest BCUT2D eigenvalue weighted by Crippen LogP contribution is -2.23. The number of carbonyl (C=O) groups is 1. The first kappa shape index (κ1) is 19.2. The normalized spacial score (nSPS) is 10.4. The highest BCUT2D eigenvalue weighted by atomic mass is 19.2. The van der Waals surface area contributed by atoms with Gasteiger partial charge >= 0.3 is 0 Å². The van der Waals surface area contributed by atoms with E-state index >= 15 is 0 Å². The summed E-state index contributed by atoms with van der Waals surface area (Å²) in [5.41, 5.74) is 0.643. The Bertz CT molecular complexity index is 997. The van der Waals surface area contributed by atoms with Gasteiger partial charge in [-0.15, -0.1) is 0 Å². The molecule has 9 heteroatoms. The number of carbonyl (C=O) groups excluding carboxylic acids is 1. The summed E-state index contributed by atoms with van der Waals surface area (Å²) in [5.74, 6) is -4.14. The van der Waals surface area contributed by atoms with Crippen LogP contribution in [0.2, 0.25) is 0 Å². The van der Waals surface area contributed by atoms with Gasteiger partial charge in [0.05, 0.1) is 18.4 Å². The summed E-state index contributed by atoms with van der Waals surface area (Å²) < 4.78 is 45.1. The summed E-state index contributed by atoms with van der Waals surface area (Å²) in [6.45, 7) is 0.239. The topological polar surface area (TPSA) is 76.1 Å². The molecular formula is C19H15F3N4O2. The number of hydrogen-bond donors (Lipinski definition) is 2. The van der Waals surface area contributed by atoms with Crippen LogP contribution in [0.4, 0.5) is 24.8 Å². The number of nitrogens with one attached hydrogen (secondary N) is 2. The Balaban J connectivity index is 1.65. The second-order valence-corrected chi connectivity index (χ2v) is 5.64. The largest absolute Gasteiger partial charge is 0.496 e. The summed E-state index contributed by atoms with van der Waals surface area (Å²) in [6.07, 6.45) is 2.45. The molecule has 0 spiro atoms. The zero-order valence-electron chi connectivity index (χ0n) is 14.7. The van der Waals surface area contributed by atoms with Gasteiger partial charge < -0.3 is 15.4 Å². The second kappa shape index (κ2) is 8.38. The third-order valence-electron chi connectivity index (χ3n) is 3.83. The molecule has 2 N–H and O–H groups in total. The molecule has 0 saturated heterocycles. The molecule has 0 radical (unpaired) electrons. The molecule has 144 valence electrons. The highest BCUT2D eigenvalue weighted by molar-refractivity contribution is 5.93. The molecule has 6 nitrogen and oxygen atoms in total. The van der Waals surface area contributed by atoms with Crippen LogP contribution in [0.25, 0.3) is 0 Å². The third kappa shape index (κ3) is 4.20. The highest BCUT2D eigenvalue weighted by Gasteiger charge is 2.14. The zero-order chi connectivity index (χ0) is 20.1. The summed E-state index contributed by atoms with van der Waals surface area (Å²) >= 11 is 0. The lowest BCUT2D eigenvalue weighted by atomic mass is 10.2. The number of amides is 1. The van der Waals surface area contributed by atoms with Crippen LogP contribution in [0, 0.1) is 17.5 Å². The Hall–Kier alpha value is -3.62. The van der Waals surface area contributed by atoms with Crippen LogP contribution < -0.4 is 15.4 Å².